The average molecular weight is 550 g/mol. The Kier molecular flexibility index (Phi) is 9.92. The molecule has 0 aliphatic rings. The largest absolute Gasteiger partial charge is 0.355 e. The third-order valence-electron chi connectivity index (χ3n) is 6.69. The van der Waals surface area contributed by atoms with E-state index in [2.05, 4.69) is 5.32 Å². The molecule has 0 aliphatic heterocycles. The van der Waals surface area contributed by atoms with Crippen molar-refractivity contribution in [2.45, 2.75) is 65.4 Å². The van der Waals surface area contributed by atoms with E-state index in [4.69, 9.17) is 0 Å². The Morgan fingerprint density at radius 2 is 1.49 bits per heavy atom. The number of nitrogens with one attached hydrogen (secondary N) is 1. The molecule has 0 heterocycles. The van der Waals surface area contributed by atoms with Crippen molar-refractivity contribution in [2.24, 2.45) is 0 Å². The van der Waals surface area contributed by atoms with Gasteiger partial charge in [0.25, 0.3) is 10.0 Å². The number of sulfonamides is 1. The Morgan fingerprint density at radius 1 is 0.846 bits per heavy atom. The molecule has 0 spiro atoms. The number of benzene rings is 3. The van der Waals surface area contributed by atoms with Crippen LogP contribution in [0.15, 0.2) is 71.6 Å². The predicted molar refractivity (Wildman–Crippen MR) is 156 cm³/mol. The van der Waals surface area contributed by atoms with E-state index >= 15 is 0 Å². The van der Waals surface area contributed by atoms with Crippen molar-refractivity contribution >= 4 is 27.5 Å². The fourth-order valence-corrected chi connectivity index (χ4v) is 6.03. The molecule has 3 rings (SSSR count). The summed E-state index contributed by atoms with van der Waals surface area (Å²) >= 11 is 0. The van der Waals surface area contributed by atoms with E-state index in [0.29, 0.717) is 18.7 Å². The fraction of sp³-hybridized carbons (Fsp3) is 0.355. The molecule has 1 atom stereocenters. The highest BCUT2D eigenvalue weighted by atomic mass is 32.2. The van der Waals surface area contributed by atoms with Gasteiger partial charge in [0, 0.05) is 13.1 Å². The van der Waals surface area contributed by atoms with E-state index in [9.17, 15) is 18.0 Å². The van der Waals surface area contributed by atoms with Crippen LogP contribution in [0.2, 0.25) is 0 Å². The maximum atomic E-state index is 14.1. The lowest BCUT2D eigenvalue weighted by Gasteiger charge is -2.33. The van der Waals surface area contributed by atoms with Gasteiger partial charge in [-0.25, -0.2) is 8.42 Å². The summed E-state index contributed by atoms with van der Waals surface area (Å²) in [5.41, 5.74) is 4.86. The van der Waals surface area contributed by atoms with Crippen LogP contribution in [0.3, 0.4) is 0 Å². The van der Waals surface area contributed by atoms with Gasteiger partial charge in [-0.05, 0) is 75.9 Å². The van der Waals surface area contributed by atoms with Crippen LogP contribution in [0.5, 0.6) is 0 Å². The van der Waals surface area contributed by atoms with Gasteiger partial charge in [-0.15, -0.1) is 0 Å². The normalized spacial score (nSPS) is 12.1. The van der Waals surface area contributed by atoms with E-state index < -0.39 is 28.5 Å². The van der Waals surface area contributed by atoms with Crippen LogP contribution in [0.25, 0.3) is 0 Å². The SMILES string of the molecule is CCNC(=O)[C@H](CC)N(Cc1cccc(C)c1)C(=O)CN(c1cc(C)ccc1C)S(=O)(=O)c1ccc(C)cc1. The average Bonchev–Trinajstić information content (AvgIpc) is 2.89. The van der Waals surface area contributed by atoms with E-state index in [1.54, 1.807) is 30.3 Å². The number of hydrogen-bond donors (Lipinski definition) is 1. The third-order valence-corrected chi connectivity index (χ3v) is 8.47. The maximum absolute atomic E-state index is 14.1. The fourth-order valence-electron chi connectivity index (χ4n) is 4.56. The van der Waals surface area contributed by atoms with Crippen molar-refractivity contribution in [3.8, 4) is 0 Å². The smallest absolute Gasteiger partial charge is 0.264 e. The van der Waals surface area contributed by atoms with E-state index in [1.165, 1.54) is 9.21 Å². The summed E-state index contributed by atoms with van der Waals surface area (Å²) in [5.74, 6) is -0.716. The van der Waals surface area contributed by atoms with Gasteiger partial charge in [0.15, 0.2) is 0 Å². The molecule has 0 bridgehead atoms. The number of nitrogens with zero attached hydrogens (tertiary/aromatic N) is 2. The van der Waals surface area contributed by atoms with Gasteiger partial charge in [-0.1, -0.05) is 66.6 Å². The summed E-state index contributed by atoms with van der Waals surface area (Å²) in [4.78, 5) is 28.7. The summed E-state index contributed by atoms with van der Waals surface area (Å²) in [7, 11) is -4.10. The van der Waals surface area contributed by atoms with Crippen LogP contribution in [0, 0.1) is 27.7 Å². The second-order valence-electron chi connectivity index (χ2n) is 9.94. The number of carbonyl (C=O) groups is 2. The summed E-state index contributed by atoms with van der Waals surface area (Å²) in [6.07, 6.45) is 0.386. The number of aryl methyl sites for hydroxylation is 4. The van der Waals surface area contributed by atoms with Crippen LogP contribution in [-0.2, 0) is 26.2 Å². The molecule has 1 N–H and O–H groups in total. The Morgan fingerprint density at radius 3 is 2.10 bits per heavy atom. The molecular weight excluding hydrogens is 510 g/mol. The third kappa shape index (κ3) is 7.26. The monoisotopic (exact) mass is 549 g/mol. The van der Waals surface area contributed by atoms with Crippen LogP contribution >= 0.6 is 0 Å². The number of hydrogen-bond acceptors (Lipinski definition) is 4. The minimum Gasteiger partial charge on any atom is -0.355 e. The Balaban J connectivity index is 2.11. The lowest BCUT2D eigenvalue weighted by molar-refractivity contribution is -0.140. The van der Waals surface area contributed by atoms with E-state index in [1.807, 2.05) is 77.9 Å². The van der Waals surface area contributed by atoms with Crippen molar-refractivity contribution in [2.75, 3.05) is 17.4 Å². The Hall–Kier alpha value is -3.65. The van der Waals surface area contributed by atoms with Gasteiger partial charge >= 0.3 is 0 Å². The van der Waals surface area contributed by atoms with Crippen LogP contribution in [0.1, 0.15) is 48.1 Å². The molecule has 0 aromatic heterocycles. The molecule has 0 aliphatic carbocycles. The van der Waals surface area contributed by atoms with Crippen LogP contribution < -0.4 is 9.62 Å². The molecule has 0 fully saturated rings. The molecule has 208 valence electrons. The molecule has 0 saturated heterocycles. The quantitative estimate of drug-likeness (QED) is 0.362. The molecule has 0 saturated carbocycles. The first-order valence-electron chi connectivity index (χ1n) is 13.3. The lowest BCUT2D eigenvalue weighted by atomic mass is 10.1. The number of amides is 2. The second kappa shape index (κ2) is 12.9. The Bertz CT molecular complexity index is 1420. The van der Waals surface area contributed by atoms with Gasteiger partial charge in [-0.3, -0.25) is 13.9 Å². The predicted octanol–water partition coefficient (Wildman–Crippen LogP) is 5.06. The standard InChI is InChI=1S/C31H39N3O4S/c1-7-28(31(36)32-8-2)33(20-26-11-9-10-23(4)18-26)30(35)21-34(29-19-24(5)12-15-25(29)6)39(37,38)27-16-13-22(3)14-17-27/h9-19,28H,7-8,20-21H2,1-6H3,(H,32,36)/t28-/m0/s1. The minimum absolute atomic E-state index is 0.0998. The molecule has 0 unspecified atom stereocenters. The molecule has 3 aromatic carbocycles. The van der Waals surface area contributed by atoms with Gasteiger partial charge in [-0.2, -0.15) is 0 Å². The number of carbonyl (C=O) groups excluding carboxylic acids is 2. The van der Waals surface area contributed by atoms with Crippen molar-refractivity contribution in [3.05, 3.63) is 94.5 Å². The number of likely N-dealkylation sites (N-methyl/N-ethyl adjacent to an activating group) is 1. The molecule has 3 aromatic rings. The highest BCUT2D eigenvalue weighted by Crippen LogP contribution is 2.29. The van der Waals surface area contributed by atoms with Crippen molar-refractivity contribution in [1.29, 1.82) is 0 Å². The summed E-state index contributed by atoms with van der Waals surface area (Å²) in [6.45, 7) is 11.4. The lowest BCUT2D eigenvalue weighted by Crippen LogP contribution is -2.52. The zero-order valence-corrected chi connectivity index (χ0v) is 24.5. The molecule has 8 heteroatoms. The van der Waals surface area contributed by atoms with Gasteiger partial charge in [0.05, 0.1) is 10.6 Å². The molecule has 0 radical (unpaired) electrons. The summed E-state index contributed by atoms with van der Waals surface area (Å²) in [6, 6.07) is 19.1. The topological polar surface area (TPSA) is 86.8 Å². The zero-order valence-electron chi connectivity index (χ0n) is 23.7. The first-order chi connectivity index (χ1) is 18.5. The second-order valence-corrected chi connectivity index (χ2v) is 11.8. The minimum atomic E-state index is -4.10. The Labute approximate surface area is 232 Å². The molecular formula is C31H39N3O4S. The van der Waals surface area contributed by atoms with Crippen molar-refractivity contribution in [1.82, 2.24) is 10.2 Å². The van der Waals surface area contributed by atoms with E-state index in [0.717, 1.165) is 27.8 Å². The number of anilines is 1. The van der Waals surface area contributed by atoms with Crippen LogP contribution in [-0.4, -0.2) is 44.3 Å². The zero-order chi connectivity index (χ0) is 28.7. The molecule has 39 heavy (non-hydrogen) atoms. The highest BCUT2D eigenvalue weighted by Gasteiger charge is 2.34. The van der Waals surface area contributed by atoms with Gasteiger partial charge < -0.3 is 10.2 Å². The maximum Gasteiger partial charge on any atom is 0.264 e. The highest BCUT2D eigenvalue weighted by molar-refractivity contribution is 7.92. The van der Waals surface area contributed by atoms with Crippen LogP contribution in [0.4, 0.5) is 5.69 Å². The van der Waals surface area contributed by atoms with Gasteiger partial charge in [0.2, 0.25) is 11.8 Å². The summed E-state index contributed by atoms with van der Waals surface area (Å²) in [5, 5.41) is 2.83. The van der Waals surface area contributed by atoms with Gasteiger partial charge in [0.1, 0.15) is 12.6 Å². The van der Waals surface area contributed by atoms with Crippen molar-refractivity contribution < 1.29 is 18.0 Å². The number of rotatable bonds is 11. The first-order valence-corrected chi connectivity index (χ1v) is 14.7. The molecule has 7 nitrogen and oxygen atoms in total. The molecule has 2 amide bonds. The van der Waals surface area contributed by atoms with Crippen molar-refractivity contribution in [3.63, 3.8) is 0 Å². The first kappa shape index (κ1) is 29.9. The summed E-state index contributed by atoms with van der Waals surface area (Å²) < 4.78 is 29.2. The van der Waals surface area contributed by atoms with E-state index in [-0.39, 0.29) is 17.3 Å².